The number of nitrogens with two attached hydrogens (primary N) is 1. The summed E-state index contributed by atoms with van der Waals surface area (Å²) in [4.78, 5) is 0. The van der Waals surface area contributed by atoms with Crippen molar-refractivity contribution in [2.45, 2.75) is 27.2 Å². The van der Waals surface area contributed by atoms with Crippen LogP contribution in [0, 0.1) is 20.8 Å². The first-order valence-corrected chi connectivity index (χ1v) is 5.98. The molecule has 2 aromatic rings. The molecule has 0 amide bonds. The molecule has 0 atom stereocenters. The quantitative estimate of drug-likeness (QED) is 0.901. The summed E-state index contributed by atoms with van der Waals surface area (Å²) in [6, 6.07) is 5.90. The largest absolute Gasteiger partial charge is 0.493 e. The minimum Gasteiger partial charge on any atom is -0.493 e. The Hall–Kier alpha value is -1.97. The highest BCUT2D eigenvalue weighted by atomic mass is 16.5. The molecule has 0 aliphatic carbocycles. The Bertz CT molecular complexity index is 547. The summed E-state index contributed by atoms with van der Waals surface area (Å²) in [6.45, 7) is 6.78. The van der Waals surface area contributed by atoms with Gasteiger partial charge < -0.3 is 15.0 Å². The molecule has 2 N–H and O–H groups in total. The number of benzene rings is 1. The molecule has 0 radical (unpaired) electrons. The Balaban J connectivity index is 2.00. The van der Waals surface area contributed by atoms with Gasteiger partial charge in [0.1, 0.15) is 5.75 Å². The molecule has 0 aliphatic rings. The molecule has 1 heterocycles. The van der Waals surface area contributed by atoms with Crippen molar-refractivity contribution in [3.8, 4) is 5.75 Å². The maximum Gasteiger partial charge on any atom is 0.222 e. The number of aryl methyl sites for hydroxylation is 2. The highest BCUT2D eigenvalue weighted by Crippen LogP contribution is 2.25. The second-order valence-electron chi connectivity index (χ2n) is 4.47. The van der Waals surface area contributed by atoms with Crippen LogP contribution in [0.4, 0.5) is 5.88 Å². The van der Waals surface area contributed by atoms with Gasteiger partial charge in [0.15, 0.2) is 0 Å². The van der Waals surface area contributed by atoms with E-state index >= 15 is 0 Å². The summed E-state index contributed by atoms with van der Waals surface area (Å²) >= 11 is 0. The van der Waals surface area contributed by atoms with Crippen molar-refractivity contribution in [2.75, 3.05) is 12.3 Å². The molecule has 0 bridgehead atoms. The van der Waals surface area contributed by atoms with Gasteiger partial charge in [0.25, 0.3) is 0 Å². The zero-order valence-corrected chi connectivity index (χ0v) is 11.0. The third kappa shape index (κ3) is 2.64. The average molecular weight is 246 g/mol. The number of rotatable bonds is 4. The Morgan fingerprint density at radius 1 is 1.22 bits per heavy atom. The smallest absolute Gasteiger partial charge is 0.222 e. The van der Waals surface area contributed by atoms with Gasteiger partial charge in [0, 0.05) is 12.5 Å². The first kappa shape index (κ1) is 12.5. The summed E-state index contributed by atoms with van der Waals surface area (Å²) in [5.41, 5.74) is 9.85. The van der Waals surface area contributed by atoms with Gasteiger partial charge in [-0.3, -0.25) is 0 Å². The number of hydrogen-bond donors (Lipinski definition) is 1. The van der Waals surface area contributed by atoms with Gasteiger partial charge in [-0.2, -0.15) is 0 Å². The van der Waals surface area contributed by atoms with E-state index in [0.717, 1.165) is 17.0 Å². The normalized spacial score (nSPS) is 10.6. The predicted octanol–water partition coefficient (Wildman–Crippen LogP) is 2.80. The molecule has 0 fully saturated rings. The highest BCUT2D eigenvalue weighted by molar-refractivity contribution is 5.44. The lowest BCUT2D eigenvalue weighted by Gasteiger charge is -2.13. The van der Waals surface area contributed by atoms with Gasteiger partial charge in [-0.1, -0.05) is 17.3 Å². The van der Waals surface area contributed by atoms with Crippen LogP contribution in [0.2, 0.25) is 0 Å². The van der Waals surface area contributed by atoms with Crippen molar-refractivity contribution < 1.29 is 9.26 Å². The zero-order chi connectivity index (χ0) is 13.1. The first-order chi connectivity index (χ1) is 8.58. The number of nitrogen functional groups attached to an aromatic ring is 1. The number of hydrogen-bond acceptors (Lipinski definition) is 4. The average Bonchev–Trinajstić information content (AvgIpc) is 2.74. The standard InChI is InChI=1S/C14H18N2O2/c1-9-4-5-10(2)14(11(9)3)17-7-6-12-8-13(15)18-16-12/h4-5,8H,6-7,15H2,1-3H3. The number of ether oxygens (including phenoxy) is 1. The SMILES string of the molecule is Cc1ccc(C)c(OCCc2cc(N)on2)c1C. The van der Waals surface area contributed by atoms with Gasteiger partial charge >= 0.3 is 0 Å². The summed E-state index contributed by atoms with van der Waals surface area (Å²) in [5, 5.41) is 3.83. The monoisotopic (exact) mass is 246 g/mol. The van der Waals surface area contributed by atoms with E-state index in [1.54, 1.807) is 6.07 Å². The van der Waals surface area contributed by atoms with Crippen molar-refractivity contribution in [3.05, 3.63) is 40.6 Å². The van der Waals surface area contributed by atoms with E-state index in [4.69, 9.17) is 15.0 Å². The van der Waals surface area contributed by atoms with Gasteiger partial charge in [-0.15, -0.1) is 0 Å². The lowest BCUT2D eigenvalue weighted by molar-refractivity contribution is 0.312. The number of anilines is 1. The fraction of sp³-hybridized carbons (Fsp3) is 0.357. The molecule has 4 heteroatoms. The van der Waals surface area contributed by atoms with Crippen molar-refractivity contribution >= 4 is 5.88 Å². The molecule has 4 nitrogen and oxygen atoms in total. The van der Waals surface area contributed by atoms with Crippen LogP contribution in [0.25, 0.3) is 0 Å². The molecule has 0 spiro atoms. The molecule has 1 aromatic carbocycles. The molecule has 96 valence electrons. The minimum absolute atomic E-state index is 0.341. The van der Waals surface area contributed by atoms with E-state index in [0.29, 0.717) is 18.9 Å². The lowest BCUT2D eigenvalue weighted by atomic mass is 10.1. The lowest BCUT2D eigenvalue weighted by Crippen LogP contribution is -2.04. The fourth-order valence-electron chi connectivity index (χ4n) is 1.85. The summed E-state index contributed by atoms with van der Waals surface area (Å²) < 4.78 is 10.6. The fourth-order valence-corrected chi connectivity index (χ4v) is 1.85. The van der Waals surface area contributed by atoms with Gasteiger partial charge in [0.05, 0.1) is 12.3 Å². The van der Waals surface area contributed by atoms with Crippen molar-refractivity contribution in [3.63, 3.8) is 0 Å². The predicted molar refractivity (Wildman–Crippen MR) is 70.8 cm³/mol. The minimum atomic E-state index is 0.341. The molecular formula is C14H18N2O2. The zero-order valence-electron chi connectivity index (χ0n) is 11.0. The molecular weight excluding hydrogens is 228 g/mol. The van der Waals surface area contributed by atoms with E-state index in [1.165, 1.54) is 11.1 Å². The number of aromatic nitrogens is 1. The van der Waals surface area contributed by atoms with E-state index in [9.17, 15) is 0 Å². The third-order valence-electron chi connectivity index (χ3n) is 3.06. The van der Waals surface area contributed by atoms with Crippen molar-refractivity contribution in [1.82, 2.24) is 5.16 Å². The van der Waals surface area contributed by atoms with Crippen LogP contribution in [0.1, 0.15) is 22.4 Å². The van der Waals surface area contributed by atoms with Crippen LogP contribution in [0.5, 0.6) is 5.75 Å². The Morgan fingerprint density at radius 3 is 2.61 bits per heavy atom. The molecule has 0 saturated heterocycles. The van der Waals surface area contributed by atoms with E-state index < -0.39 is 0 Å². The maximum atomic E-state index is 5.84. The van der Waals surface area contributed by atoms with E-state index in [2.05, 4.69) is 38.1 Å². The summed E-state index contributed by atoms with van der Waals surface area (Å²) in [7, 11) is 0. The van der Waals surface area contributed by atoms with Crippen LogP contribution in [0.3, 0.4) is 0 Å². The molecule has 0 aliphatic heterocycles. The second-order valence-corrected chi connectivity index (χ2v) is 4.47. The number of nitrogens with zero attached hydrogens (tertiary/aromatic N) is 1. The molecule has 0 unspecified atom stereocenters. The Kier molecular flexibility index (Phi) is 3.55. The van der Waals surface area contributed by atoms with Gasteiger partial charge in [-0.05, 0) is 37.5 Å². The molecule has 1 aromatic heterocycles. The van der Waals surface area contributed by atoms with Crippen LogP contribution in [-0.2, 0) is 6.42 Å². The summed E-state index contributed by atoms with van der Waals surface area (Å²) in [6.07, 6.45) is 0.688. The van der Waals surface area contributed by atoms with Crippen LogP contribution < -0.4 is 10.5 Å². The molecule has 0 saturated carbocycles. The highest BCUT2D eigenvalue weighted by Gasteiger charge is 2.07. The third-order valence-corrected chi connectivity index (χ3v) is 3.06. The Morgan fingerprint density at radius 2 is 1.94 bits per heavy atom. The summed E-state index contributed by atoms with van der Waals surface area (Å²) in [5.74, 6) is 1.30. The second kappa shape index (κ2) is 5.12. The van der Waals surface area contributed by atoms with Gasteiger partial charge in [0.2, 0.25) is 5.88 Å². The molecule has 2 rings (SSSR count). The van der Waals surface area contributed by atoms with E-state index in [-0.39, 0.29) is 0 Å². The van der Waals surface area contributed by atoms with Crippen molar-refractivity contribution in [1.29, 1.82) is 0 Å². The molecule has 18 heavy (non-hydrogen) atoms. The van der Waals surface area contributed by atoms with Crippen LogP contribution in [0.15, 0.2) is 22.7 Å². The van der Waals surface area contributed by atoms with Crippen molar-refractivity contribution in [2.24, 2.45) is 0 Å². The topological polar surface area (TPSA) is 61.3 Å². The van der Waals surface area contributed by atoms with Crippen LogP contribution in [-0.4, -0.2) is 11.8 Å². The van der Waals surface area contributed by atoms with Crippen LogP contribution >= 0.6 is 0 Å². The van der Waals surface area contributed by atoms with E-state index in [1.807, 2.05) is 0 Å². The Labute approximate surface area is 107 Å². The first-order valence-electron chi connectivity index (χ1n) is 5.98. The maximum absolute atomic E-state index is 5.84. The van der Waals surface area contributed by atoms with Gasteiger partial charge in [-0.25, -0.2) is 0 Å².